The van der Waals surface area contributed by atoms with Gasteiger partial charge in [0.25, 0.3) is 0 Å². The second-order valence-corrected chi connectivity index (χ2v) is 4.58. The first-order valence-corrected chi connectivity index (χ1v) is 6.57. The molecule has 0 aliphatic rings. The lowest BCUT2D eigenvalue weighted by atomic mass is 10.3. The summed E-state index contributed by atoms with van der Waals surface area (Å²) in [5, 5.41) is 1.13. The Morgan fingerprint density at radius 2 is 2.06 bits per heavy atom. The maximum absolute atomic E-state index is 10.9. The fraction of sp³-hybridized carbons (Fsp3) is 0.583. The normalized spacial score (nSPS) is 11.9. The first kappa shape index (κ1) is 14.8. The van der Waals surface area contributed by atoms with Gasteiger partial charge < -0.3 is 18.9 Å². The summed E-state index contributed by atoms with van der Waals surface area (Å²) in [6.07, 6.45) is 0.495. The number of thiophene rings is 1. The van der Waals surface area contributed by atoms with E-state index < -0.39 is 6.16 Å². The number of carbonyl (C=O) groups is 1. The molecule has 6 heteroatoms. The third-order valence-corrected chi connectivity index (χ3v) is 3.09. The van der Waals surface area contributed by atoms with Crippen molar-refractivity contribution in [2.24, 2.45) is 0 Å². The summed E-state index contributed by atoms with van der Waals surface area (Å²) >= 11 is 1.24. The fourth-order valence-electron chi connectivity index (χ4n) is 1.07. The number of carbonyl (C=O) groups excluding carboxylic acids is 1. The number of ether oxygens (including phenoxy) is 4. The molecule has 1 atom stereocenters. The molecule has 0 aromatic carbocycles. The van der Waals surface area contributed by atoms with Crippen LogP contribution in [0.5, 0.6) is 10.1 Å². The molecule has 5 nitrogen and oxygen atoms in total. The third-order valence-electron chi connectivity index (χ3n) is 2.21. The average Bonchev–Trinajstić information content (AvgIpc) is 2.81. The van der Waals surface area contributed by atoms with Crippen LogP contribution in [0.2, 0.25) is 0 Å². The molecule has 0 bridgehead atoms. The van der Waals surface area contributed by atoms with Crippen molar-refractivity contribution in [2.45, 2.75) is 26.4 Å². The summed E-state index contributed by atoms with van der Waals surface area (Å²) in [6.45, 7) is 5.11. The van der Waals surface area contributed by atoms with E-state index in [0.29, 0.717) is 23.3 Å². The van der Waals surface area contributed by atoms with Crippen LogP contribution in [0.15, 0.2) is 12.1 Å². The predicted octanol–water partition coefficient (Wildman–Crippen LogP) is 3.09. The predicted molar refractivity (Wildman–Crippen MR) is 68.6 cm³/mol. The lowest BCUT2D eigenvalue weighted by Gasteiger charge is -2.10. The lowest BCUT2D eigenvalue weighted by Crippen LogP contribution is -2.12. The van der Waals surface area contributed by atoms with E-state index in [1.807, 2.05) is 6.92 Å². The molecule has 0 saturated carbocycles. The van der Waals surface area contributed by atoms with Gasteiger partial charge in [-0.05, 0) is 25.5 Å². The van der Waals surface area contributed by atoms with Gasteiger partial charge in [0, 0.05) is 0 Å². The zero-order chi connectivity index (χ0) is 13.4. The minimum atomic E-state index is -0.733. The Labute approximate surface area is 111 Å². The van der Waals surface area contributed by atoms with Gasteiger partial charge in [0.15, 0.2) is 10.1 Å². The van der Waals surface area contributed by atoms with Crippen LogP contribution in [-0.4, -0.2) is 32.6 Å². The van der Waals surface area contributed by atoms with Crippen molar-refractivity contribution >= 4 is 17.5 Å². The highest BCUT2D eigenvalue weighted by molar-refractivity contribution is 7.15. The van der Waals surface area contributed by atoms with E-state index in [2.05, 4.69) is 11.7 Å². The molecule has 0 fully saturated rings. The molecule has 1 unspecified atom stereocenters. The second kappa shape index (κ2) is 7.94. The molecule has 0 spiro atoms. The van der Waals surface area contributed by atoms with Crippen molar-refractivity contribution in [1.82, 2.24) is 0 Å². The van der Waals surface area contributed by atoms with Gasteiger partial charge in [0.2, 0.25) is 0 Å². The largest absolute Gasteiger partial charge is 0.514 e. The molecule has 1 rings (SSSR count). The van der Waals surface area contributed by atoms with Crippen LogP contribution in [0.1, 0.15) is 20.3 Å². The van der Waals surface area contributed by atoms with Crippen molar-refractivity contribution in [1.29, 1.82) is 0 Å². The van der Waals surface area contributed by atoms with Crippen LogP contribution in [0.25, 0.3) is 0 Å². The SMILES string of the molecule is CCC(C)OCCOc1ccc(OC(=O)OC)s1. The Morgan fingerprint density at radius 3 is 2.72 bits per heavy atom. The van der Waals surface area contributed by atoms with Crippen molar-refractivity contribution in [3.05, 3.63) is 12.1 Å². The smallest absolute Gasteiger partial charge is 0.481 e. The van der Waals surface area contributed by atoms with E-state index in [0.717, 1.165) is 6.42 Å². The van der Waals surface area contributed by atoms with Crippen LogP contribution < -0.4 is 9.47 Å². The minimum Gasteiger partial charge on any atom is -0.481 e. The molecular formula is C12H18O5S. The first-order valence-electron chi connectivity index (χ1n) is 5.75. The number of rotatable bonds is 7. The van der Waals surface area contributed by atoms with E-state index >= 15 is 0 Å². The standard InChI is InChI=1S/C12H18O5S/c1-4-9(2)15-7-8-16-10-5-6-11(18-10)17-12(13)14-3/h5-6,9H,4,7-8H2,1-3H3. The molecule has 0 aliphatic carbocycles. The lowest BCUT2D eigenvalue weighted by molar-refractivity contribution is 0.0434. The average molecular weight is 274 g/mol. The maximum atomic E-state index is 10.9. The van der Waals surface area contributed by atoms with Gasteiger partial charge in [-0.1, -0.05) is 18.3 Å². The summed E-state index contributed by atoms with van der Waals surface area (Å²) < 4.78 is 20.2. The van der Waals surface area contributed by atoms with Gasteiger partial charge >= 0.3 is 6.16 Å². The molecule has 18 heavy (non-hydrogen) atoms. The number of methoxy groups -OCH3 is 1. The maximum Gasteiger partial charge on any atom is 0.514 e. The van der Waals surface area contributed by atoms with E-state index in [1.54, 1.807) is 12.1 Å². The Balaban J connectivity index is 2.25. The van der Waals surface area contributed by atoms with E-state index in [1.165, 1.54) is 18.4 Å². The summed E-state index contributed by atoms with van der Waals surface area (Å²) in [4.78, 5) is 10.9. The second-order valence-electron chi connectivity index (χ2n) is 3.57. The molecule has 1 aromatic heterocycles. The Kier molecular flexibility index (Phi) is 6.53. The molecule has 1 heterocycles. The zero-order valence-electron chi connectivity index (χ0n) is 10.8. The van der Waals surface area contributed by atoms with E-state index in [4.69, 9.17) is 14.2 Å². The third kappa shape index (κ3) is 5.37. The van der Waals surface area contributed by atoms with Gasteiger partial charge in [-0.25, -0.2) is 4.79 Å². The van der Waals surface area contributed by atoms with Crippen LogP contribution >= 0.6 is 11.3 Å². The molecule has 0 radical (unpaired) electrons. The van der Waals surface area contributed by atoms with Gasteiger partial charge in [0.1, 0.15) is 6.61 Å². The number of hydrogen-bond acceptors (Lipinski definition) is 6. The Hall–Kier alpha value is -1.27. The van der Waals surface area contributed by atoms with Crippen molar-refractivity contribution < 1.29 is 23.7 Å². The quantitative estimate of drug-likeness (QED) is 0.565. The molecule has 0 aliphatic heterocycles. The topological polar surface area (TPSA) is 54.0 Å². The molecule has 1 aromatic rings. The molecule has 0 amide bonds. The highest BCUT2D eigenvalue weighted by atomic mass is 32.1. The highest BCUT2D eigenvalue weighted by Gasteiger charge is 2.07. The number of hydrogen-bond donors (Lipinski definition) is 0. The van der Waals surface area contributed by atoms with Crippen LogP contribution in [0, 0.1) is 0 Å². The summed E-state index contributed by atoms with van der Waals surface area (Å²) in [7, 11) is 1.26. The van der Waals surface area contributed by atoms with Gasteiger partial charge in [-0.2, -0.15) is 0 Å². The fourth-order valence-corrected chi connectivity index (χ4v) is 1.79. The molecule has 0 N–H and O–H groups in total. The van der Waals surface area contributed by atoms with Crippen molar-refractivity contribution in [2.75, 3.05) is 20.3 Å². The van der Waals surface area contributed by atoms with E-state index in [9.17, 15) is 4.79 Å². The Morgan fingerprint density at radius 1 is 1.33 bits per heavy atom. The van der Waals surface area contributed by atoms with Gasteiger partial charge in [-0.15, -0.1) is 0 Å². The highest BCUT2D eigenvalue weighted by Crippen LogP contribution is 2.31. The molecule has 0 saturated heterocycles. The van der Waals surface area contributed by atoms with Gasteiger partial charge in [-0.3, -0.25) is 0 Å². The minimum absolute atomic E-state index is 0.246. The van der Waals surface area contributed by atoms with Crippen LogP contribution in [0.3, 0.4) is 0 Å². The Bertz CT molecular complexity index is 363. The monoisotopic (exact) mass is 274 g/mol. The molecular weight excluding hydrogens is 256 g/mol. The van der Waals surface area contributed by atoms with Crippen molar-refractivity contribution in [3.8, 4) is 10.1 Å². The van der Waals surface area contributed by atoms with Crippen molar-refractivity contribution in [3.63, 3.8) is 0 Å². The zero-order valence-corrected chi connectivity index (χ0v) is 11.6. The van der Waals surface area contributed by atoms with Crippen LogP contribution in [-0.2, 0) is 9.47 Å². The summed E-state index contributed by atoms with van der Waals surface area (Å²) in [5.41, 5.74) is 0. The first-order chi connectivity index (χ1) is 8.65. The molecule has 102 valence electrons. The van der Waals surface area contributed by atoms with Crippen LogP contribution in [0.4, 0.5) is 4.79 Å². The van der Waals surface area contributed by atoms with Gasteiger partial charge in [0.05, 0.1) is 19.8 Å². The summed E-state index contributed by atoms with van der Waals surface area (Å²) in [6, 6.07) is 3.40. The van der Waals surface area contributed by atoms with E-state index in [-0.39, 0.29) is 6.10 Å². The summed E-state index contributed by atoms with van der Waals surface area (Å²) in [5.74, 6) is 0.